The Bertz CT molecular complexity index is 429. The Hall–Kier alpha value is -2.11. The normalized spacial score (nSPS) is 10.1. The van der Waals surface area contributed by atoms with E-state index in [0.29, 0.717) is 19.0 Å². The van der Waals surface area contributed by atoms with Crippen LogP contribution in [0.2, 0.25) is 0 Å². The van der Waals surface area contributed by atoms with Gasteiger partial charge in [-0.05, 0) is 6.92 Å². The minimum Gasteiger partial charge on any atom is -0.478 e. The van der Waals surface area contributed by atoms with E-state index in [1.807, 2.05) is 6.92 Å². The molecule has 84 valence electrons. The van der Waals surface area contributed by atoms with Gasteiger partial charge in [0.15, 0.2) is 0 Å². The molecule has 6 heteroatoms. The molecule has 0 aliphatic carbocycles. The van der Waals surface area contributed by atoms with Crippen LogP contribution >= 0.6 is 0 Å². The molecule has 0 aliphatic heterocycles. The van der Waals surface area contributed by atoms with E-state index >= 15 is 0 Å². The summed E-state index contributed by atoms with van der Waals surface area (Å²) in [5, 5.41) is 3.14. The Morgan fingerprint density at radius 3 is 3.12 bits per heavy atom. The summed E-state index contributed by atoms with van der Waals surface area (Å²) in [4.78, 5) is 15.0. The fraction of sp³-hybridized carbons (Fsp3) is 0.300. The highest BCUT2D eigenvalue weighted by molar-refractivity contribution is 5.37. The van der Waals surface area contributed by atoms with Gasteiger partial charge >= 0.3 is 0 Å². The number of rotatable bonds is 5. The van der Waals surface area contributed by atoms with Crippen molar-refractivity contribution in [2.24, 2.45) is 0 Å². The van der Waals surface area contributed by atoms with E-state index in [1.54, 1.807) is 18.6 Å². The van der Waals surface area contributed by atoms with Gasteiger partial charge in [-0.15, -0.1) is 0 Å². The lowest BCUT2D eigenvalue weighted by Crippen LogP contribution is -2.03. The molecule has 0 atom stereocenters. The molecule has 6 nitrogen and oxygen atoms in total. The summed E-state index contributed by atoms with van der Waals surface area (Å²) < 4.78 is 5.27. The summed E-state index contributed by atoms with van der Waals surface area (Å²) in [6, 6.07) is 1.76. The monoisotopic (exact) mass is 219 g/mol. The smallest absolute Gasteiger partial charge is 0.218 e. The fourth-order valence-corrected chi connectivity index (χ4v) is 1.23. The van der Waals surface area contributed by atoms with Crippen LogP contribution in [0.5, 0.6) is 5.88 Å². The molecule has 0 aromatic carbocycles. The van der Waals surface area contributed by atoms with Crippen molar-refractivity contribution in [3.8, 4) is 5.88 Å². The van der Waals surface area contributed by atoms with Crippen LogP contribution in [-0.2, 0) is 6.54 Å². The van der Waals surface area contributed by atoms with E-state index in [0.717, 1.165) is 11.5 Å². The van der Waals surface area contributed by atoms with Crippen LogP contribution in [0.4, 0.5) is 5.82 Å². The van der Waals surface area contributed by atoms with E-state index in [2.05, 4.69) is 25.3 Å². The number of nitrogens with zero attached hydrogens (tertiary/aromatic N) is 3. The predicted molar refractivity (Wildman–Crippen MR) is 59.1 cm³/mol. The van der Waals surface area contributed by atoms with Gasteiger partial charge in [0.25, 0.3) is 0 Å². The van der Waals surface area contributed by atoms with Crippen molar-refractivity contribution in [3.05, 3.63) is 30.6 Å². The fourth-order valence-electron chi connectivity index (χ4n) is 1.23. The van der Waals surface area contributed by atoms with E-state index in [9.17, 15) is 0 Å². The van der Waals surface area contributed by atoms with Gasteiger partial charge < -0.3 is 15.0 Å². The standard InChI is InChI=1S/C10H13N5O/c1-2-16-10-3-9(14-7-15-10)12-5-8-4-11-6-13-8/h3-4,6-7H,2,5H2,1H3,(H,11,13)(H,12,14,15). The first-order valence-corrected chi connectivity index (χ1v) is 5.04. The van der Waals surface area contributed by atoms with Crippen LogP contribution in [0.3, 0.4) is 0 Å². The first-order chi connectivity index (χ1) is 7.88. The van der Waals surface area contributed by atoms with E-state index < -0.39 is 0 Å². The number of nitrogens with one attached hydrogen (secondary N) is 2. The largest absolute Gasteiger partial charge is 0.478 e. The third-order valence-corrected chi connectivity index (χ3v) is 1.95. The van der Waals surface area contributed by atoms with Gasteiger partial charge in [0, 0.05) is 12.3 Å². The Morgan fingerprint density at radius 2 is 2.38 bits per heavy atom. The molecule has 0 unspecified atom stereocenters. The maximum atomic E-state index is 5.27. The second kappa shape index (κ2) is 5.11. The molecule has 2 heterocycles. The molecule has 2 N–H and O–H groups in total. The van der Waals surface area contributed by atoms with E-state index in [1.165, 1.54) is 6.33 Å². The van der Waals surface area contributed by atoms with Gasteiger partial charge in [-0.3, -0.25) is 0 Å². The number of ether oxygens (including phenoxy) is 1. The maximum absolute atomic E-state index is 5.27. The Morgan fingerprint density at radius 1 is 1.44 bits per heavy atom. The number of aromatic nitrogens is 4. The molecule has 0 spiro atoms. The van der Waals surface area contributed by atoms with Crippen molar-refractivity contribution >= 4 is 5.82 Å². The van der Waals surface area contributed by atoms with Crippen molar-refractivity contribution < 1.29 is 4.74 Å². The van der Waals surface area contributed by atoms with Crippen molar-refractivity contribution in [2.45, 2.75) is 13.5 Å². The highest BCUT2D eigenvalue weighted by Gasteiger charge is 1.99. The topological polar surface area (TPSA) is 75.7 Å². The Kier molecular flexibility index (Phi) is 3.32. The second-order valence-electron chi connectivity index (χ2n) is 3.10. The highest BCUT2D eigenvalue weighted by Crippen LogP contribution is 2.11. The third kappa shape index (κ3) is 2.69. The van der Waals surface area contributed by atoms with Crippen LogP contribution in [0, 0.1) is 0 Å². The van der Waals surface area contributed by atoms with E-state index in [-0.39, 0.29) is 0 Å². The Balaban J connectivity index is 1.96. The maximum Gasteiger partial charge on any atom is 0.218 e. The van der Waals surface area contributed by atoms with Gasteiger partial charge in [0.2, 0.25) is 5.88 Å². The zero-order valence-electron chi connectivity index (χ0n) is 8.97. The zero-order chi connectivity index (χ0) is 11.2. The van der Waals surface area contributed by atoms with Gasteiger partial charge in [0.05, 0.1) is 25.2 Å². The SMILES string of the molecule is CCOc1cc(NCc2cnc[nH]2)ncn1. The first kappa shape index (κ1) is 10.4. The molecule has 16 heavy (non-hydrogen) atoms. The molecular formula is C10H13N5O. The average Bonchev–Trinajstić information content (AvgIpc) is 2.80. The van der Waals surface area contributed by atoms with Crippen LogP contribution < -0.4 is 10.1 Å². The van der Waals surface area contributed by atoms with Crippen molar-refractivity contribution in [1.29, 1.82) is 0 Å². The lowest BCUT2D eigenvalue weighted by atomic mass is 10.4. The number of aromatic amines is 1. The van der Waals surface area contributed by atoms with Crippen molar-refractivity contribution in [3.63, 3.8) is 0 Å². The summed E-state index contributed by atoms with van der Waals surface area (Å²) in [7, 11) is 0. The van der Waals surface area contributed by atoms with Gasteiger partial charge in [0.1, 0.15) is 12.1 Å². The summed E-state index contributed by atoms with van der Waals surface area (Å²) in [5.74, 6) is 1.30. The molecule has 0 aliphatic rings. The molecule has 2 rings (SSSR count). The summed E-state index contributed by atoms with van der Waals surface area (Å²) in [5.41, 5.74) is 0.997. The lowest BCUT2D eigenvalue weighted by Gasteiger charge is -2.05. The molecule has 2 aromatic heterocycles. The molecule has 0 amide bonds. The number of imidazole rings is 1. The molecule has 0 radical (unpaired) electrons. The van der Waals surface area contributed by atoms with Gasteiger partial charge in [-0.2, -0.15) is 0 Å². The molecule has 2 aromatic rings. The Labute approximate surface area is 93.1 Å². The molecule has 0 saturated carbocycles. The first-order valence-electron chi connectivity index (χ1n) is 5.04. The van der Waals surface area contributed by atoms with Crippen molar-refractivity contribution in [1.82, 2.24) is 19.9 Å². The van der Waals surface area contributed by atoms with Crippen LogP contribution in [0.15, 0.2) is 24.9 Å². The summed E-state index contributed by atoms with van der Waals surface area (Å²) >= 11 is 0. The predicted octanol–water partition coefficient (Wildman–Crippen LogP) is 1.21. The zero-order valence-corrected chi connectivity index (χ0v) is 8.97. The number of hydrogen-bond donors (Lipinski definition) is 2. The number of anilines is 1. The van der Waals surface area contributed by atoms with Crippen molar-refractivity contribution in [2.75, 3.05) is 11.9 Å². The average molecular weight is 219 g/mol. The lowest BCUT2D eigenvalue weighted by molar-refractivity contribution is 0.326. The summed E-state index contributed by atoms with van der Waals surface area (Å²) in [6.07, 6.45) is 4.88. The third-order valence-electron chi connectivity index (χ3n) is 1.95. The number of H-pyrrole nitrogens is 1. The van der Waals surface area contributed by atoms with Crippen LogP contribution in [-0.4, -0.2) is 26.5 Å². The van der Waals surface area contributed by atoms with Gasteiger partial charge in [-0.1, -0.05) is 0 Å². The molecular weight excluding hydrogens is 206 g/mol. The second-order valence-corrected chi connectivity index (χ2v) is 3.10. The van der Waals surface area contributed by atoms with Gasteiger partial charge in [-0.25, -0.2) is 15.0 Å². The molecule has 0 bridgehead atoms. The highest BCUT2D eigenvalue weighted by atomic mass is 16.5. The summed E-state index contributed by atoms with van der Waals surface area (Å²) in [6.45, 7) is 3.15. The minimum absolute atomic E-state index is 0.574. The quantitative estimate of drug-likeness (QED) is 0.790. The van der Waals surface area contributed by atoms with Crippen LogP contribution in [0.25, 0.3) is 0 Å². The van der Waals surface area contributed by atoms with Crippen LogP contribution in [0.1, 0.15) is 12.6 Å². The number of hydrogen-bond acceptors (Lipinski definition) is 5. The van der Waals surface area contributed by atoms with E-state index in [4.69, 9.17) is 4.74 Å². The molecule has 0 saturated heterocycles. The molecule has 0 fully saturated rings. The minimum atomic E-state index is 0.574.